The van der Waals surface area contributed by atoms with Gasteiger partial charge in [0.25, 0.3) is 6.43 Å². The summed E-state index contributed by atoms with van der Waals surface area (Å²) in [5.41, 5.74) is 1.87. The summed E-state index contributed by atoms with van der Waals surface area (Å²) in [5, 5.41) is 0. The molecule has 2 atom stereocenters. The molecule has 1 aliphatic rings. The van der Waals surface area contributed by atoms with Crippen molar-refractivity contribution in [3.63, 3.8) is 0 Å². The number of piperazine rings is 1. The third-order valence-electron chi connectivity index (χ3n) is 6.80. The Morgan fingerprint density at radius 2 is 1.82 bits per heavy atom. The summed E-state index contributed by atoms with van der Waals surface area (Å²) in [7, 11) is 0. The second-order valence-electron chi connectivity index (χ2n) is 11.1. The van der Waals surface area contributed by atoms with Crippen LogP contribution in [0.3, 0.4) is 0 Å². The highest BCUT2D eigenvalue weighted by Crippen LogP contribution is 2.31. The van der Waals surface area contributed by atoms with Crippen molar-refractivity contribution in [3.05, 3.63) is 71.3 Å². The molecule has 8 heteroatoms. The quantitative estimate of drug-likeness (QED) is 0.170. The third kappa shape index (κ3) is 9.29. The average Bonchev–Trinajstić information content (AvgIpc) is 2.84. The Bertz CT molecular complexity index is 1090. The van der Waals surface area contributed by atoms with Crippen LogP contribution in [0.2, 0.25) is 0 Å². The lowest BCUT2D eigenvalue weighted by Gasteiger charge is -2.46. The number of aliphatic imine (C=N–C) groups is 1. The van der Waals surface area contributed by atoms with Crippen molar-refractivity contribution in [2.75, 3.05) is 13.1 Å². The SMILES string of the molecule is C=CN=C(CCCCc1cccc(F)c1)C(/C(=C\C)C(F)F)=C(\C)N1C[C@@H](C)N(C(=O)OC(C)(C)C)C[C@@H]1C. The minimum atomic E-state index is -2.68. The number of hydrogen-bond acceptors (Lipinski definition) is 4. The molecule has 1 aromatic rings. The molecule has 1 aliphatic heterocycles. The van der Waals surface area contributed by atoms with Crippen molar-refractivity contribution < 1.29 is 22.7 Å². The molecule has 1 amide bonds. The normalized spacial score (nSPS) is 19.8. The van der Waals surface area contributed by atoms with Gasteiger partial charge < -0.3 is 14.5 Å². The topological polar surface area (TPSA) is 45.1 Å². The van der Waals surface area contributed by atoms with E-state index in [1.807, 2.05) is 47.6 Å². The summed E-state index contributed by atoms with van der Waals surface area (Å²) in [6.45, 7) is 17.5. The molecule has 0 radical (unpaired) electrons. The van der Waals surface area contributed by atoms with Crippen molar-refractivity contribution in [1.29, 1.82) is 0 Å². The van der Waals surface area contributed by atoms with Crippen LogP contribution in [0.1, 0.15) is 73.3 Å². The van der Waals surface area contributed by atoms with Crippen LogP contribution in [0, 0.1) is 5.82 Å². The largest absolute Gasteiger partial charge is 0.444 e. The summed E-state index contributed by atoms with van der Waals surface area (Å²) in [6, 6.07) is 6.19. The van der Waals surface area contributed by atoms with Gasteiger partial charge >= 0.3 is 6.09 Å². The van der Waals surface area contributed by atoms with Gasteiger partial charge in [-0.3, -0.25) is 4.99 Å². The van der Waals surface area contributed by atoms with E-state index < -0.39 is 12.0 Å². The maximum absolute atomic E-state index is 14.3. The second-order valence-corrected chi connectivity index (χ2v) is 11.1. The Labute approximate surface area is 232 Å². The van der Waals surface area contributed by atoms with Crippen LogP contribution in [0.4, 0.5) is 18.0 Å². The van der Waals surface area contributed by atoms with E-state index in [0.717, 1.165) is 12.0 Å². The van der Waals surface area contributed by atoms with Crippen LogP contribution < -0.4 is 0 Å². The van der Waals surface area contributed by atoms with Crippen molar-refractivity contribution in [1.82, 2.24) is 9.80 Å². The number of amides is 1. The highest BCUT2D eigenvalue weighted by atomic mass is 19.3. The van der Waals surface area contributed by atoms with Crippen molar-refractivity contribution in [3.8, 4) is 0 Å². The zero-order valence-corrected chi connectivity index (χ0v) is 24.4. The fraction of sp³-hybridized carbons (Fsp3) is 0.548. The van der Waals surface area contributed by atoms with Crippen LogP contribution in [0.5, 0.6) is 0 Å². The molecule has 216 valence electrons. The van der Waals surface area contributed by atoms with Crippen molar-refractivity contribution in [2.45, 2.75) is 98.3 Å². The lowest BCUT2D eigenvalue weighted by Crippen LogP contribution is -2.58. The van der Waals surface area contributed by atoms with Gasteiger partial charge in [-0.05, 0) is 91.8 Å². The van der Waals surface area contributed by atoms with E-state index in [9.17, 15) is 18.0 Å². The van der Waals surface area contributed by atoms with Crippen LogP contribution in [0.15, 0.2) is 65.0 Å². The Hall–Kier alpha value is -3.03. The standard InChI is InChI=1S/C31H44F3N3O2/c1-9-26(29(33)34)28(27(35-10-2)17-12-11-14-24-15-13-16-25(32)18-24)23(5)36-19-22(4)37(20-21(36)3)30(38)39-31(6,7)8/h9-10,13,15-16,18,21-22,29H,2,11-12,14,17,19-20H2,1,3-8H3/b26-9+,28-23+,35-27?/t21-,22+/m0/s1. The lowest BCUT2D eigenvalue weighted by atomic mass is 9.93. The van der Waals surface area contributed by atoms with Gasteiger partial charge in [-0.1, -0.05) is 24.8 Å². The number of allylic oxidation sites excluding steroid dienone is 4. The molecular weight excluding hydrogens is 503 g/mol. The zero-order chi connectivity index (χ0) is 29.3. The molecule has 39 heavy (non-hydrogen) atoms. The minimum absolute atomic E-state index is 0.0762. The van der Waals surface area contributed by atoms with Gasteiger partial charge in [0.15, 0.2) is 0 Å². The molecule has 1 heterocycles. The Balaban J connectivity index is 2.33. The number of nitrogens with zero attached hydrogens (tertiary/aromatic N) is 3. The molecule has 0 unspecified atom stereocenters. The van der Waals surface area contributed by atoms with E-state index in [-0.39, 0.29) is 29.6 Å². The first-order chi connectivity index (χ1) is 18.3. The number of carbonyl (C=O) groups excluding carboxylic acids is 1. The van der Waals surface area contributed by atoms with E-state index in [2.05, 4.69) is 16.5 Å². The maximum atomic E-state index is 14.3. The lowest BCUT2D eigenvalue weighted by molar-refractivity contribution is -0.00421. The van der Waals surface area contributed by atoms with E-state index in [0.29, 0.717) is 49.3 Å². The highest BCUT2D eigenvalue weighted by Gasteiger charge is 2.36. The molecule has 0 spiro atoms. The number of halogens is 3. The second kappa shape index (κ2) is 14.4. The van der Waals surface area contributed by atoms with E-state index in [1.165, 1.54) is 24.4 Å². The Kier molecular flexibility index (Phi) is 11.9. The molecule has 0 aromatic heterocycles. The third-order valence-corrected chi connectivity index (χ3v) is 6.80. The molecule has 1 aromatic carbocycles. The van der Waals surface area contributed by atoms with Crippen molar-refractivity contribution >= 4 is 11.8 Å². The number of alkyl halides is 2. The predicted octanol–water partition coefficient (Wildman–Crippen LogP) is 7.94. The minimum Gasteiger partial charge on any atom is -0.444 e. The average molecular weight is 548 g/mol. The fourth-order valence-electron chi connectivity index (χ4n) is 4.95. The first-order valence-corrected chi connectivity index (χ1v) is 13.6. The van der Waals surface area contributed by atoms with Gasteiger partial charge in [0.05, 0.1) is 0 Å². The fourth-order valence-corrected chi connectivity index (χ4v) is 4.95. The van der Waals surface area contributed by atoms with E-state index in [1.54, 1.807) is 17.9 Å². The molecule has 5 nitrogen and oxygen atoms in total. The maximum Gasteiger partial charge on any atom is 0.410 e. The molecule has 0 saturated carbocycles. The van der Waals surface area contributed by atoms with Gasteiger partial charge in [-0.15, -0.1) is 0 Å². The number of rotatable bonds is 10. The van der Waals surface area contributed by atoms with Gasteiger partial charge in [-0.25, -0.2) is 18.0 Å². The van der Waals surface area contributed by atoms with Gasteiger partial charge in [0.1, 0.15) is 11.4 Å². The van der Waals surface area contributed by atoms with Gasteiger partial charge in [0, 0.05) is 53.9 Å². The summed E-state index contributed by atoms with van der Waals surface area (Å²) < 4.78 is 47.8. The molecular formula is C31H44F3N3O2. The van der Waals surface area contributed by atoms with Crippen LogP contribution in [0.25, 0.3) is 0 Å². The van der Waals surface area contributed by atoms with Crippen LogP contribution >= 0.6 is 0 Å². The summed E-state index contributed by atoms with van der Waals surface area (Å²) in [5.74, 6) is -0.271. The monoisotopic (exact) mass is 547 g/mol. The number of unbranched alkanes of at least 4 members (excludes halogenated alkanes) is 1. The summed E-state index contributed by atoms with van der Waals surface area (Å²) in [6.07, 6.45) is 2.38. The number of benzene rings is 1. The Morgan fingerprint density at radius 1 is 1.18 bits per heavy atom. The molecule has 2 rings (SSSR count). The van der Waals surface area contributed by atoms with E-state index in [4.69, 9.17) is 4.74 Å². The highest BCUT2D eigenvalue weighted by molar-refractivity contribution is 6.05. The summed E-state index contributed by atoms with van der Waals surface area (Å²) >= 11 is 0. The van der Waals surface area contributed by atoms with Crippen LogP contribution in [-0.4, -0.2) is 58.8 Å². The molecule has 1 fully saturated rings. The van der Waals surface area contributed by atoms with Gasteiger partial charge in [0.2, 0.25) is 0 Å². The first kappa shape index (κ1) is 32.2. The zero-order valence-electron chi connectivity index (χ0n) is 24.4. The van der Waals surface area contributed by atoms with Crippen molar-refractivity contribution in [2.24, 2.45) is 4.99 Å². The first-order valence-electron chi connectivity index (χ1n) is 13.6. The molecule has 0 N–H and O–H groups in total. The molecule has 0 aliphatic carbocycles. The Morgan fingerprint density at radius 3 is 2.38 bits per heavy atom. The number of carbonyl (C=O) groups is 1. The van der Waals surface area contributed by atoms with E-state index >= 15 is 0 Å². The predicted molar refractivity (Wildman–Crippen MR) is 153 cm³/mol. The number of ether oxygens (including phenoxy) is 1. The molecule has 1 saturated heterocycles. The smallest absolute Gasteiger partial charge is 0.410 e. The number of hydrogen-bond donors (Lipinski definition) is 0. The number of aryl methyl sites for hydroxylation is 1. The summed E-state index contributed by atoms with van der Waals surface area (Å²) in [4.78, 5) is 21.0. The van der Waals surface area contributed by atoms with Gasteiger partial charge in [-0.2, -0.15) is 0 Å². The van der Waals surface area contributed by atoms with Crippen LogP contribution in [-0.2, 0) is 11.2 Å². The molecule has 0 bridgehead atoms.